The zero-order chi connectivity index (χ0) is 29.3. The van der Waals surface area contributed by atoms with Gasteiger partial charge >= 0.3 is 5.96 Å². The lowest BCUT2D eigenvalue weighted by atomic mass is 9.79. The van der Waals surface area contributed by atoms with Gasteiger partial charge in [0.1, 0.15) is 29.9 Å². The highest BCUT2D eigenvalue weighted by atomic mass is 16.5. The summed E-state index contributed by atoms with van der Waals surface area (Å²) in [4.78, 5) is 42.2. The van der Waals surface area contributed by atoms with E-state index in [-0.39, 0.29) is 54.2 Å². The number of fused-ring (bicyclic) bond motifs is 1. The Hall–Kier alpha value is -4.11. The van der Waals surface area contributed by atoms with Gasteiger partial charge in [-0.3, -0.25) is 25.4 Å². The lowest BCUT2D eigenvalue weighted by Crippen LogP contribution is -2.79. The van der Waals surface area contributed by atoms with Crippen LogP contribution in [0.2, 0.25) is 0 Å². The molecule has 15 nitrogen and oxygen atoms in total. The number of aliphatic imine (C=N–C) groups is 1. The number of ether oxygens (including phenoxy) is 1. The highest BCUT2D eigenvalue weighted by Crippen LogP contribution is 2.43. The Labute approximate surface area is 235 Å². The highest BCUT2D eigenvalue weighted by molar-refractivity contribution is 5.98. The van der Waals surface area contributed by atoms with E-state index < -0.39 is 41.5 Å². The first-order valence-corrected chi connectivity index (χ1v) is 13.7. The van der Waals surface area contributed by atoms with Gasteiger partial charge in [0.2, 0.25) is 23.3 Å². The SMILES string of the molecule is CC1(C)CCOc2c(C(=O)NC3C[N+]4=C(N)N[C@@H](CNC(=O)[C@@H]5CCC(=O)N5)[C@@H]5N=C(N)N[C@@]54C3(O)O)cccc21. The van der Waals surface area contributed by atoms with Crippen molar-refractivity contribution in [3.05, 3.63) is 29.3 Å². The average molecular weight is 571 g/mol. The van der Waals surface area contributed by atoms with Crippen molar-refractivity contribution in [1.82, 2.24) is 26.6 Å². The molecule has 0 saturated carbocycles. The van der Waals surface area contributed by atoms with E-state index in [1.807, 2.05) is 6.07 Å². The summed E-state index contributed by atoms with van der Waals surface area (Å²) in [5.41, 5.74) is 11.7. The van der Waals surface area contributed by atoms with Crippen LogP contribution >= 0.6 is 0 Å². The largest absolute Gasteiger partial charge is 0.492 e. The van der Waals surface area contributed by atoms with Gasteiger partial charge in [-0.05, 0) is 24.3 Å². The molecule has 3 amide bonds. The summed E-state index contributed by atoms with van der Waals surface area (Å²) in [6, 6.07) is 1.84. The summed E-state index contributed by atoms with van der Waals surface area (Å²) >= 11 is 0. The molecule has 2 fully saturated rings. The number of aliphatic hydroxyl groups is 2. The summed E-state index contributed by atoms with van der Waals surface area (Å²) in [7, 11) is 0. The van der Waals surface area contributed by atoms with Crippen molar-refractivity contribution >= 4 is 29.6 Å². The third-order valence-electron chi connectivity index (χ3n) is 8.94. The molecule has 41 heavy (non-hydrogen) atoms. The Morgan fingerprint density at radius 2 is 2.02 bits per heavy atom. The lowest BCUT2D eigenvalue weighted by molar-refractivity contribution is -0.623. The zero-order valence-electron chi connectivity index (χ0n) is 22.9. The molecule has 15 heteroatoms. The van der Waals surface area contributed by atoms with E-state index in [0.29, 0.717) is 18.8 Å². The maximum Gasteiger partial charge on any atom is 0.346 e. The van der Waals surface area contributed by atoms with Crippen LogP contribution in [-0.4, -0.2) is 99.7 Å². The van der Waals surface area contributed by atoms with Gasteiger partial charge in [0.25, 0.3) is 5.91 Å². The van der Waals surface area contributed by atoms with Gasteiger partial charge in [-0.25, -0.2) is 9.57 Å². The van der Waals surface area contributed by atoms with Crippen molar-refractivity contribution in [2.24, 2.45) is 16.5 Å². The van der Waals surface area contributed by atoms with Crippen LogP contribution in [-0.2, 0) is 15.0 Å². The number of nitrogens with two attached hydrogens (primary N) is 2. The molecule has 2 saturated heterocycles. The molecule has 6 rings (SSSR count). The first-order chi connectivity index (χ1) is 19.3. The number of amides is 3. The number of nitrogens with one attached hydrogen (secondary N) is 5. The first-order valence-electron chi connectivity index (χ1n) is 13.7. The fourth-order valence-electron chi connectivity index (χ4n) is 6.65. The normalized spacial score (nSPS) is 32.3. The van der Waals surface area contributed by atoms with Crippen molar-refractivity contribution in [2.45, 2.75) is 74.1 Å². The number of benzene rings is 1. The minimum atomic E-state index is -2.61. The molecule has 11 N–H and O–H groups in total. The molecule has 0 aromatic heterocycles. The number of carbonyl (C=O) groups excluding carboxylic acids is 3. The van der Waals surface area contributed by atoms with Crippen molar-refractivity contribution in [3.63, 3.8) is 0 Å². The van der Waals surface area contributed by atoms with Crippen LogP contribution in [0.4, 0.5) is 0 Å². The van der Waals surface area contributed by atoms with Gasteiger partial charge in [0, 0.05) is 12.0 Å². The molecule has 0 radical (unpaired) electrons. The molecule has 5 aliphatic rings. The van der Waals surface area contributed by atoms with E-state index in [2.05, 4.69) is 45.4 Å². The molecular weight excluding hydrogens is 534 g/mol. The van der Waals surface area contributed by atoms with E-state index in [0.717, 1.165) is 12.0 Å². The molecule has 5 aliphatic heterocycles. The van der Waals surface area contributed by atoms with Crippen LogP contribution in [0.1, 0.15) is 49.0 Å². The third-order valence-corrected chi connectivity index (χ3v) is 8.94. The van der Waals surface area contributed by atoms with Gasteiger partial charge in [-0.2, -0.15) is 0 Å². The summed E-state index contributed by atoms with van der Waals surface area (Å²) in [5.74, 6) is -3.21. The molecule has 1 unspecified atom stereocenters. The molecule has 0 aliphatic carbocycles. The summed E-state index contributed by atoms with van der Waals surface area (Å²) in [5, 5.41) is 37.6. The lowest BCUT2D eigenvalue weighted by Gasteiger charge is -2.43. The topological polar surface area (TPSA) is 228 Å². The predicted molar refractivity (Wildman–Crippen MR) is 145 cm³/mol. The van der Waals surface area contributed by atoms with Crippen LogP contribution < -0.4 is 42.8 Å². The van der Waals surface area contributed by atoms with Crippen LogP contribution in [0.3, 0.4) is 0 Å². The summed E-state index contributed by atoms with van der Waals surface area (Å²) in [6.45, 7) is 4.54. The molecule has 1 aromatic carbocycles. The Balaban J connectivity index is 1.25. The Morgan fingerprint density at radius 3 is 2.76 bits per heavy atom. The molecule has 5 atom stereocenters. The number of hydrogen-bond donors (Lipinski definition) is 9. The molecule has 0 bridgehead atoms. The number of para-hydroxylation sites is 1. The van der Waals surface area contributed by atoms with Crippen molar-refractivity contribution < 1.29 is 33.9 Å². The third kappa shape index (κ3) is 4.05. The van der Waals surface area contributed by atoms with Gasteiger partial charge in [0.15, 0.2) is 5.96 Å². The van der Waals surface area contributed by atoms with Gasteiger partial charge in [-0.15, -0.1) is 0 Å². The number of nitrogens with zero attached hydrogens (tertiary/aromatic N) is 2. The van der Waals surface area contributed by atoms with E-state index in [1.165, 1.54) is 4.58 Å². The van der Waals surface area contributed by atoms with Gasteiger partial charge < -0.3 is 42.0 Å². The standard InChI is InChI=1S/C26H35N9O6/c1-24(2)8-9-41-18-12(4-3-5-13(18)24)20(37)32-16-11-35-23(28)31-15(10-29-21(38)14-6-7-17(36)30-14)19-25(35,26(16,39)40)34-22(27)33-19/h3-5,14-16,19,39-40H,6-11H2,1-2H3,(H8,27,28,29,30,31,32,33,34,36,37,38)/p+1/t14-,15-,16?,19-,25-/m0/s1. The smallest absolute Gasteiger partial charge is 0.346 e. The molecule has 220 valence electrons. The van der Waals surface area contributed by atoms with E-state index in [1.54, 1.807) is 12.1 Å². The number of hydrogen-bond acceptors (Lipinski definition) is 11. The minimum absolute atomic E-state index is 0.000995. The minimum Gasteiger partial charge on any atom is -0.492 e. The molecular formula is C26H36N9O6+. The van der Waals surface area contributed by atoms with Crippen LogP contribution in [0.25, 0.3) is 0 Å². The second-order valence-electron chi connectivity index (χ2n) is 11.9. The van der Waals surface area contributed by atoms with Crippen molar-refractivity contribution in [2.75, 3.05) is 19.7 Å². The number of carbonyl (C=O) groups is 3. The average Bonchev–Trinajstić information content (AvgIpc) is 3.57. The van der Waals surface area contributed by atoms with Gasteiger partial charge in [-0.1, -0.05) is 26.0 Å². The zero-order valence-corrected chi connectivity index (χ0v) is 22.9. The van der Waals surface area contributed by atoms with Crippen LogP contribution in [0.5, 0.6) is 5.75 Å². The Kier molecular flexibility index (Phi) is 6.08. The van der Waals surface area contributed by atoms with Crippen LogP contribution in [0, 0.1) is 0 Å². The molecule has 1 aromatic rings. The maximum absolute atomic E-state index is 13.6. The fraction of sp³-hybridized carbons (Fsp3) is 0.577. The second kappa shape index (κ2) is 9.21. The van der Waals surface area contributed by atoms with Gasteiger partial charge in [0.05, 0.1) is 25.3 Å². The van der Waals surface area contributed by atoms with E-state index >= 15 is 0 Å². The second-order valence-corrected chi connectivity index (χ2v) is 11.9. The van der Waals surface area contributed by atoms with Crippen molar-refractivity contribution in [1.29, 1.82) is 0 Å². The number of guanidine groups is 2. The van der Waals surface area contributed by atoms with E-state index in [4.69, 9.17) is 16.2 Å². The Bertz CT molecular complexity index is 1390. The Morgan fingerprint density at radius 1 is 1.24 bits per heavy atom. The first kappa shape index (κ1) is 27.1. The fourth-order valence-corrected chi connectivity index (χ4v) is 6.65. The summed E-state index contributed by atoms with van der Waals surface area (Å²) in [6.07, 6.45) is 1.46. The molecule has 1 spiro atoms. The quantitative estimate of drug-likeness (QED) is 0.124. The van der Waals surface area contributed by atoms with Crippen LogP contribution in [0.15, 0.2) is 23.2 Å². The van der Waals surface area contributed by atoms with Crippen molar-refractivity contribution in [3.8, 4) is 5.75 Å². The summed E-state index contributed by atoms with van der Waals surface area (Å²) < 4.78 is 7.38. The number of rotatable bonds is 5. The highest BCUT2D eigenvalue weighted by Gasteiger charge is 2.75. The monoisotopic (exact) mass is 570 g/mol. The van der Waals surface area contributed by atoms with E-state index in [9.17, 15) is 24.6 Å². The predicted octanol–water partition coefficient (Wildman–Crippen LogP) is -3.78. The molecule has 5 heterocycles. The maximum atomic E-state index is 13.6.